The van der Waals surface area contributed by atoms with Crippen molar-refractivity contribution in [1.82, 2.24) is 4.68 Å². The van der Waals surface area contributed by atoms with Crippen molar-refractivity contribution in [2.24, 2.45) is 5.10 Å². The maximum Gasteiger partial charge on any atom is 0.127 e. The molecule has 0 atom stereocenters. The molecule has 21 heavy (non-hydrogen) atoms. The van der Waals surface area contributed by atoms with Gasteiger partial charge in [-0.1, -0.05) is 6.07 Å². The monoisotopic (exact) mass is 284 g/mol. The Bertz CT molecular complexity index is 711. The Kier molecular flexibility index (Phi) is 3.95. The molecule has 0 aliphatic rings. The van der Waals surface area contributed by atoms with Crippen LogP contribution in [0.25, 0.3) is 0 Å². The first-order valence-electron chi connectivity index (χ1n) is 7.25. The fourth-order valence-electron chi connectivity index (χ4n) is 2.70. The Hall–Kier alpha value is -2.03. The number of aryl methyl sites for hydroxylation is 2. The average molecular weight is 284 g/mol. The largest absolute Gasteiger partial charge is 0.507 e. The highest BCUT2D eigenvalue weighted by Crippen LogP contribution is 2.26. The number of phenolic OH excluding ortho intramolecular Hbond substituents is 1. The Morgan fingerprint density at radius 2 is 1.48 bits per heavy atom. The highest BCUT2D eigenvalue weighted by molar-refractivity contribution is 6.01. The Labute approximate surface area is 126 Å². The third-order valence-electron chi connectivity index (χ3n) is 4.37. The summed E-state index contributed by atoms with van der Waals surface area (Å²) in [7, 11) is 0. The molecule has 2 rings (SSSR count). The number of benzene rings is 1. The molecule has 0 fully saturated rings. The van der Waals surface area contributed by atoms with Gasteiger partial charge in [-0.05, 0) is 76.8 Å². The van der Waals surface area contributed by atoms with Crippen LogP contribution in [0.2, 0.25) is 0 Å². The summed E-state index contributed by atoms with van der Waals surface area (Å²) in [5.74, 6) is 0.317. The first kappa shape index (κ1) is 15.4. The van der Waals surface area contributed by atoms with E-state index in [1.165, 1.54) is 11.1 Å². The van der Waals surface area contributed by atoms with E-state index >= 15 is 0 Å². The van der Waals surface area contributed by atoms with Crippen molar-refractivity contribution in [3.8, 4) is 5.75 Å². The maximum atomic E-state index is 10.3. The predicted molar refractivity (Wildman–Crippen MR) is 88.6 cm³/mol. The van der Waals surface area contributed by atoms with Gasteiger partial charge in [0.1, 0.15) is 5.75 Å². The topological polar surface area (TPSA) is 37.5 Å². The molecule has 0 unspecified atom stereocenters. The highest BCUT2D eigenvalue weighted by atomic mass is 16.3. The summed E-state index contributed by atoms with van der Waals surface area (Å²) in [5, 5.41) is 15.0. The lowest BCUT2D eigenvalue weighted by Crippen LogP contribution is -2.04. The average Bonchev–Trinajstić information content (AvgIpc) is 2.60. The second-order valence-electron chi connectivity index (χ2n) is 5.90. The molecule has 3 nitrogen and oxygen atoms in total. The third-order valence-corrected chi connectivity index (χ3v) is 4.37. The number of rotatable bonds is 2. The summed E-state index contributed by atoms with van der Waals surface area (Å²) in [5.41, 5.74) is 8.47. The number of aromatic hydroxyl groups is 1. The summed E-state index contributed by atoms with van der Waals surface area (Å²) >= 11 is 0. The molecule has 1 aromatic carbocycles. The third kappa shape index (κ3) is 2.60. The fourth-order valence-corrected chi connectivity index (χ4v) is 2.70. The predicted octanol–water partition coefficient (Wildman–Crippen LogP) is 4.32. The smallest absolute Gasteiger partial charge is 0.127 e. The van der Waals surface area contributed by atoms with Gasteiger partial charge in [0.05, 0.1) is 5.71 Å². The van der Waals surface area contributed by atoms with Gasteiger partial charge in [-0.2, -0.15) is 5.10 Å². The van der Waals surface area contributed by atoms with Crippen LogP contribution >= 0.6 is 0 Å². The molecule has 1 heterocycles. The first-order valence-corrected chi connectivity index (χ1v) is 7.25. The van der Waals surface area contributed by atoms with Crippen LogP contribution in [0.4, 0.5) is 0 Å². The van der Waals surface area contributed by atoms with E-state index in [9.17, 15) is 5.11 Å². The second kappa shape index (κ2) is 5.40. The molecule has 0 spiro atoms. The standard InChI is InChI=1S/C18H24N2O/c1-10-8-11(2)18(21)17(9-10)14(5)19-20-15(6)12(3)13(4)16(20)7/h8-9,21H,1-7H3/b19-14+. The van der Waals surface area contributed by atoms with Crippen molar-refractivity contribution >= 4 is 5.71 Å². The van der Waals surface area contributed by atoms with Crippen LogP contribution in [0.3, 0.4) is 0 Å². The molecule has 112 valence electrons. The van der Waals surface area contributed by atoms with Crippen LogP contribution in [-0.4, -0.2) is 15.5 Å². The van der Waals surface area contributed by atoms with E-state index < -0.39 is 0 Å². The minimum absolute atomic E-state index is 0.317. The van der Waals surface area contributed by atoms with Gasteiger partial charge in [0, 0.05) is 17.0 Å². The van der Waals surface area contributed by atoms with Gasteiger partial charge in [0.25, 0.3) is 0 Å². The van der Waals surface area contributed by atoms with Gasteiger partial charge < -0.3 is 5.11 Å². The highest BCUT2D eigenvalue weighted by Gasteiger charge is 2.13. The summed E-state index contributed by atoms with van der Waals surface area (Å²) in [6.07, 6.45) is 0. The van der Waals surface area contributed by atoms with Crippen LogP contribution in [0.1, 0.15) is 46.1 Å². The van der Waals surface area contributed by atoms with E-state index in [0.29, 0.717) is 5.75 Å². The number of hydrogen-bond donors (Lipinski definition) is 1. The quantitative estimate of drug-likeness (QED) is 0.819. The number of nitrogens with zero attached hydrogens (tertiary/aromatic N) is 2. The molecule has 0 saturated carbocycles. The zero-order valence-corrected chi connectivity index (χ0v) is 14.0. The number of hydrogen-bond acceptors (Lipinski definition) is 2. The fraction of sp³-hybridized carbons (Fsp3) is 0.389. The molecule has 0 saturated heterocycles. The van der Waals surface area contributed by atoms with Crippen molar-refractivity contribution in [2.45, 2.75) is 48.5 Å². The molecule has 0 aliphatic heterocycles. The molecule has 1 N–H and O–H groups in total. The van der Waals surface area contributed by atoms with E-state index in [4.69, 9.17) is 5.10 Å². The van der Waals surface area contributed by atoms with Crippen molar-refractivity contribution in [3.05, 3.63) is 51.3 Å². The van der Waals surface area contributed by atoms with Crippen LogP contribution in [0.15, 0.2) is 17.2 Å². The molecule has 0 bridgehead atoms. The molecule has 0 radical (unpaired) electrons. The zero-order valence-electron chi connectivity index (χ0n) is 14.0. The Morgan fingerprint density at radius 1 is 0.952 bits per heavy atom. The van der Waals surface area contributed by atoms with Gasteiger partial charge in [-0.25, -0.2) is 4.68 Å². The van der Waals surface area contributed by atoms with Gasteiger partial charge in [0.15, 0.2) is 0 Å². The van der Waals surface area contributed by atoms with Crippen molar-refractivity contribution < 1.29 is 5.11 Å². The maximum absolute atomic E-state index is 10.3. The van der Waals surface area contributed by atoms with E-state index in [1.807, 2.05) is 37.6 Å². The second-order valence-corrected chi connectivity index (χ2v) is 5.90. The molecule has 2 aromatic rings. The lowest BCUT2D eigenvalue weighted by molar-refractivity contribution is 0.469. The van der Waals surface area contributed by atoms with Gasteiger partial charge in [0.2, 0.25) is 0 Å². The number of phenols is 1. The van der Waals surface area contributed by atoms with Gasteiger partial charge in [-0.15, -0.1) is 0 Å². The van der Waals surface area contributed by atoms with E-state index in [-0.39, 0.29) is 0 Å². The van der Waals surface area contributed by atoms with Crippen LogP contribution in [0, 0.1) is 41.5 Å². The van der Waals surface area contributed by atoms with E-state index in [1.54, 1.807) is 0 Å². The summed E-state index contributed by atoms with van der Waals surface area (Å²) < 4.78 is 1.97. The van der Waals surface area contributed by atoms with Crippen LogP contribution in [-0.2, 0) is 0 Å². The lowest BCUT2D eigenvalue weighted by atomic mass is 10.0. The normalized spacial score (nSPS) is 12.0. The van der Waals surface area contributed by atoms with Gasteiger partial charge in [-0.3, -0.25) is 0 Å². The summed E-state index contributed by atoms with van der Waals surface area (Å²) in [4.78, 5) is 0. The molecular weight excluding hydrogens is 260 g/mol. The Balaban J connectivity index is 2.60. The molecule has 3 heteroatoms. The SMILES string of the molecule is C/C(=N\n1c(C)c(C)c(C)c1C)c1cc(C)cc(C)c1O. The molecule has 1 aromatic heterocycles. The van der Waals surface area contributed by atoms with Crippen molar-refractivity contribution in [2.75, 3.05) is 0 Å². The molecular formula is C18H24N2O. The van der Waals surface area contributed by atoms with Crippen LogP contribution in [0.5, 0.6) is 5.75 Å². The minimum Gasteiger partial charge on any atom is -0.507 e. The van der Waals surface area contributed by atoms with Crippen molar-refractivity contribution in [1.29, 1.82) is 0 Å². The number of aromatic nitrogens is 1. The molecule has 0 amide bonds. The Morgan fingerprint density at radius 3 is 2.00 bits per heavy atom. The van der Waals surface area contributed by atoms with E-state index in [2.05, 4.69) is 27.7 Å². The summed E-state index contributed by atoms with van der Waals surface area (Å²) in [6, 6.07) is 3.96. The van der Waals surface area contributed by atoms with Crippen LogP contribution < -0.4 is 0 Å². The van der Waals surface area contributed by atoms with Gasteiger partial charge >= 0.3 is 0 Å². The first-order chi connectivity index (χ1) is 9.73. The summed E-state index contributed by atoms with van der Waals surface area (Å²) in [6.45, 7) is 14.3. The van der Waals surface area contributed by atoms with Crippen molar-refractivity contribution in [3.63, 3.8) is 0 Å². The lowest BCUT2D eigenvalue weighted by Gasteiger charge is -2.10. The molecule has 0 aliphatic carbocycles. The zero-order chi connectivity index (χ0) is 15.9. The van der Waals surface area contributed by atoms with E-state index in [0.717, 1.165) is 33.8 Å². The minimum atomic E-state index is 0.317.